The van der Waals surface area contributed by atoms with Crippen LogP contribution in [0.15, 0.2) is 40.6 Å². The molecule has 0 aliphatic heterocycles. The smallest absolute Gasteiger partial charge is 0.250 e. The number of carbonyl (C=O) groups is 1. The van der Waals surface area contributed by atoms with E-state index >= 15 is 0 Å². The highest BCUT2D eigenvalue weighted by molar-refractivity contribution is 7.99. The molecule has 7 heteroatoms. The molecule has 1 amide bonds. The van der Waals surface area contributed by atoms with Gasteiger partial charge in [-0.25, -0.2) is 15.4 Å². The van der Waals surface area contributed by atoms with Crippen LogP contribution >= 0.6 is 11.8 Å². The highest BCUT2D eigenvalue weighted by atomic mass is 32.2. The van der Waals surface area contributed by atoms with Gasteiger partial charge in [-0.3, -0.25) is 4.79 Å². The van der Waals surface area contributed by atoms with Gasteiger partial charge in [-0.1, -0.05) is 11.8 Å². The first-order valence-electron chi connectivity index (χ1n) is 6.98. The highest BCUT2D eigenvalue weighted by Crippen LogP contribution is 2.13. The minimum absolute atomic E-state index is 0.206. The molecule has 1 aromatic carbocycles. The van der Waals surface area contributed by atoms with E-state index in [0.717, 1.165) is 22.7 Å². The van der Waals surface area contributed by atoms with Gasteiger partial charge in [-0.15, -0.1) is 0 Å². The number of hydrogen-bond donors (Lipinski definition) is 1. The molecule has 0 spiro atoms. The number of aryl methyl sites for hydroxylation is 2. The lowest BCUT2D eigenvalue weighted by atomic mass is 10.2. The number of methoxy groups -OCH3 is 1. The lowest BCUT2D eigenvalue weighted by Gasteiger charge is -2.02. The quantitative estimate of drug-likeness (QED) is 0.381. The molecule has 0 atom stereocenters. The summed E-state index contributed by atoms with van der Waals surface area (Å²) in [5, 5.41) is 4.52. The average molecular weight is 330 g/mol. The van der Waals surface area contributed by atoms with E-state index in [1.54, 1.807) is 13.3 Å². The molecule has 0 saturated heterocycles. The van der Waals surface area contributed by atoms with E-state index in [2.05, 4.69) is 20.5 Å². The van der Waals surface area contributed by atoms with Crippen molar-refractivity contribution < 1.29 is 9.53 Å². The molecule has 120 valence electrons. The normalized spacial score (nSPS) is 10.7. The SMILES string of the molecule is COc1ccc(/C=N\NC(=O)CSc2nc(C)cc(C)n2)cc1. The van der Waals surface area contributed by atoms with Crippen LogP contribution in [0.25, 0.3) is 0 Å². The van der Waals surface area contributed by atoms with Crippen LogP contribution in [0.3, 0.4) is 0 Å². The largest absolute Gasteiger partial charge is 0.497 e. The van der Waals surface area contributed by atoms with E-state index in [1.807, 2.05) is 44.2 Å². The molecule has 1 heterocycles. The summed E-state index contributed by atoms with van der Waals surface area (Å²) in [6, 6.07) is 9.26. The number of benzene rings is 1. The molecule has 1 aromatic heterocycles. The first-order valence-corrected chi connectivity index (χ1v) is 7.96. The van der Waals surface area contributed by atoms with Crippen LogP contribution < -0.4 is 10.2 Å². The van der Waals surface area contributed by atoms with Gasteiger partial charge in [0.25, 0.3) is 5.91 Å². The zero-order valence-electron chi connectivity index (χ0n) is 13.2. The van der Waals surface area contributed by atoms with Crippen LogP contribution in [0.2, 0.25) is 0 Å². The summed E-state index contributed by atoms with van der Waals surface area (Å²) in [5.74, 6) is 0.779. The van der Waals surface area contributed by atoms with E-state index < -0.39 is 0 Å². The third-order valence-corrected chi connectivity index (χ3v) is 3.66. The molecule has 0 saturated carbocycles. The Balaban J connectivity index is 1.81. The number of hydrogen-bond acceptors (Lipinski definition) is 6. The predicted octanol–water partition coefficient (Wildman–Crippen LogP) is 2.34. The van der Waals surface area contributed by atoms with E-state index in [1.165, 1.54) is 11.8 Å². The monoisotopic (exact) mass is 330 g/mol. The fraction of sp³-hybridized carbons (Fsp3) is 0.250. The summed E-state index contributed by atoms with van der Waals surface area (Å²) in [7, 11) is 1.61. The molecule has 0 fully saturated rings. The van der Waals surface area contributed by atoms with Gasteiger partial charge < -0.3 is 4.74 Å². The minimum atomic E-state index is -0.206. The molecule has 0 radical (unpaired) electrons. The average Bonchev–Trinajstić information content (AvgIpc) is 2.53. The van der Waals surface area contributed by atoms with Gasteiger partial charge >= 0.3 is 0 Å². The van der Waals surface area contributed by atoms with E-state index in [9.17, 15) is 4.79 Å². The van der Waals surface area contributed by atoms with Crippen molar-refractivity contribution in [3.8, 4) is 5.75 Å². The van der Waals surface area contributed by atoms with Crippen LogP contribution in [-0.2, 0) is 4.79 Å². The number of amides is 1. The number of hydrazone groups is 1. The highest BCUT2D eigenvalue weighted by Gasteiger charge is 2.05. The van der Waals surface area contributed by atoms with Crippen molar-refractivity contribution in [2.24, 2.45) is 5.10 Å². The number of nitrogens with zero attached hydrogens (tertiary/aromatic N) is 3. The standard InChI is InChI=1S/C16H18N4O2S/c1-11-8-12(2)19-16(18-11)23-10-15(21)20-17-9-13-4-6-14(22-3)7-5-13/h4-9H,10H2,1-3H3,(H,20,21)/b17-9-. The Hall–Kier alpha value is -2.41. The summed E-state index contributed by atoms with van der Waals surface area (Å²) in [5.41, 5.74) is 5.13. The zero-order chi connectivity index (χ0) is 16.7. The fourth-order valence-corrected chi connectivity index (χ4v) is 2.53. The molecule has 0 bridgehead atoms. The molecule has 0 unspecified atom stereocenters. The van der Waals surface area contributed by atoms with Crippen LogP contribution in [0.4, 0.5) is 0 Å². The van der Waals surface area contributed by atoms with Gasteiger partial charge in [0.15, 0.2) is 5.16 Å². The topological polar surface area (TPSA) is 76.5 Å². The lowest BCUT2D eigenvalue weighted by molar-refractivity contribution is -0.118. The number of thioether (sulfide) groups is 1. The molecule has 0 aliphatic rings. The van der Waals surface area contributed by atoms with Gasteiger partial charge in [-0.05, 0) is 49.7 Å². The third-order valence-electron chi connectivity index (χ3n) is 2.81. The van der Waals surface area contributed by atoms with E-state index in [0.29, 0.717) is 5.16 Å². The number of rotatable bonds is 6. The second-order valence-corrected chi connectivity index (χ2v) is 5.73. The van der Waals surface area contributed by atoms with Gasteiger partial charge in [-0.2, -0.15) is 5.10 Å². The summed E-state index contributed by atoms with van der Waals surface area (Å²) < 4.78 is 5.07. The van der Waals surface area contributed by atoms with Crippen molar-refractivity contribution in [1.29, 1.82) is 0 Å². The molecule has 23 heavy (non-hydrogen) atoms. The third kappa shape index (κ3) is 5.71. The molecular weight excluding hydrogens is 312 g/mol. The molecule has 2 aromatic rings. The zero-order valence-corrected chi connectivity index (χ0v) is 14.1. The Morgan fingerprint density at radius 1 is 1.26 bits per heavy atom. The molecule has 0 aliphatic carbocycles. The second-order valence-electron chi connectivity index (χ2n) is 4.79. The second kappa shape index (κ2) is 8.28. The van der Waals surface area contributed by atoms with Gasteiger partial charge in [0.1, 0.15) is 5.75 Å². The van der Waals surface area contributed by atoms with Crippen molar-refractivity contribution in [1.82, 2.24) is 15.4 Å². The van der Waals surface area contributed by atoms with Crippen LogP contribution in [0.1, 0.15) is 17.0 Å². The molecule has 6 nitrogen and oxygen atoms in total. The Morgan fingerprint density at radius 3 is 2.52 bits per heavy atom. The van der Waals surface area contributed by atoms with Gasteiger partial charge in [0.2, 0.25) is 0 Å². The fourth-order valence-electron chi connectivity index (χ4n) is 1.79. The van der Waals surface area contributed by atoms with Gasteiger partial charge in [0.05, 0.1) is 19.1 Å². The van der Waals surface area contributed by atoms with Crippen LogP contribution in [-0.4, -0.2) is 35.0 Å². The van der Waals surface area contributed by atoms with Crippen molar-refractivity contribution in [2.45, 2.75) is 19.0 Å². The van der Waals surface area contributed by atoms with Crippen molar-refractivity contribution in [3.63, 3.8) is 0 Å². The Morgan fingerprint density at radius 2 is 1.91 bits per heavy atom. The summed E-state index contributed by atoms with van der Waals surface area (Å²) >= 11 is 1.28. The van der Waals surface area contributed by atoms with E-state index in [-0.39, 0.29) is 11.7 Å². The van der Waals surface area contributed by atoms with Crippen molar-refractivity contribution in [2.75, 3.05) is 12.9 Å². The van der Waals surface area contributed by atoms with Crippen LogP contribution in [0.5, 0.6) is 5.75 Å². The minimum Gasteiger partial charge on any atom is -0.497 e. The molecule has 2 rings (SSSR count). The van der Waals surface area contributed by atoms with Crippen molar-refractivity contribution in [3.05, 3.63) is 47.3 Å². The first kappa shape index (κ1) is 17.0. The number of aromatic nitrogens is 2. The molecule has 1 N–H and O–H groups in total. The first-order chi connectivity index (χ1) is 11.1. The Kier molecular flexibility index (Phi) is 6.10. The van der Waals surface area contributed by atoms with Crippen molar-refractivity contribution >= 4 is 23.9 Å². The number of nitrogens with one attached hydrogen (secondary N) is 1. The van der Waals surface area contributed by atoms with E-state index in [4.69, 9.17) is 4.74 Å². The summed E-state index contributed by atoms with van der Waals surface area (Å²) in [6.45, 7) is 3.80. The maximum absolute atomic E-state index is 11.8. The maximum Gasteiger partial charge on any atom is 0.250 e. The molecular formula is C16H18N4O2S. The number of ether oxygens (including phenoxy) is 1. The lowest BCUT2D eigenvalue weighted by Crippen LogP contribution is -2.19. The maximum atomic E-state index is 11.8. The Bertz CT molecular complexity index is 681. The predicted molar refractivity (Wildman–Crippen MR) is 91.0 cm³/mol. The Labute approximate surface area is 139 Å². The number of carbonyl (C=O) groups excluding carboxylic acids is 1. The van der Waals surface area contributed by atoms with Gasteiger partial charge in [0, 0.05) is 11.4 Å². The summed E-state index contributed by atoms with van der Waals surface area (Å²) in [6.07, 6.45) is 1.58. The summed E-state index contributed by atoms with van der Waals surface area (Å²) in [4.78, 5) is 20.3. The van der Waals surface area contributed by atoms with Crippen LogP contribution in [0, 0.1) is 13.8 Å².